The summed E-state index contributed by atoms with van der Waals surface area (Å²) in [5.74, 6) is -0.462. The number of hydrogen-bond donors (Lipinski definition) is 1. The van der Waals surface area contributed by atoms with E-state index in [0.717, 1.165) is 0 Å². The standard InChI is InChI=1S/C9H11NO3/c1-3-13-9(12)7-4-8(11)6(2)10-5-7/h4-5,11H,3H2,1-2H3. The van der Waals surface area contributed by atoms with Crippen LogP contribution in [0.3, 0.4) is 0 Å². The molecule has 0 aliphatic rings. The molecule has 4 nitrogen and oxygen atoms in total. The van der Waals surface area contributed by atoms with Crippen molar-refractivity contribution in [2.45, 2.75) is 13.8 Å². The number of ether oxygens (including phenoxy) is 1. The molecule has 1 rings (SSSR count). The third-order valence-corrected chi connectivity index (χ3v) is 1.57. The van der Waals surface area contributed by atoms with Crippen molar-refractivity contribution >= 4 is 5.97 Å². The van der Waals surface area contributed by atoms with Crippen molar-refractivity contribution in [3.63, 3.8) is 0 Å². The smallest absolute Gasteiger partial charge is 0.339 e. The van der Waals surface area contributed by atoms with E-state index in [9.17, 15) is 9.90 Å². The average molecular weight is 181 g/mol. The molecule has 1 aromatic heterocycles. The van der Waals surface area contributed by atoms with Crippen LogP contribution < -0.4 is 0 Å². The zero-order valence-electron chi connectivity index (χ0n) is 7.57. The molecule has 0 amide bonds. The first-order valence-corrected chi connectivity index (χ1v) is 3.98. The summed E-state index contributed by atoms with van der Waals surface area (Å²) >= 11 is 0. The number of carbonyl (C=O) groups excluding carboxylic acids is 1. The van der Waals surface area contributed by atoms with Gasteiger partial charge >= 0.3 is 5.97 Å². The summed E-state index contributed by atoms with van der Waals surface area (Å²) in [5.41, 5.74) is 0.762. The molecule has 4 heteroatoms. The van der Waals surface area contributed by atoms with Gasteiger partial charge in [-0.3, -0.25) is 4.98 Å². The zero-order valence-corrected chi connectivity index (χ0v) is 7.57. The van der Waals surface area contributed by atoms with Gasteiger partial charge in [0.25, 0.3) is 0 Å². The molecule has 0 saturated carbocycles. The molecule has 1 heterocycles. The summed E-state index contributed by atoms with van der Waals surface area (Å²) in [4.78, 5) is 15.0. The Morgan fingerprint density at radius 1 is 1.69 bits per heavy atom. The van der Waals surface area contributed by atoms with Gasteiger partial charge in [-0.1, -0.05) is 0 Å². The van der Waals surface area contributed by atoms with E-state index >= 15 is 0 Å². The fraction of sp³-hybridized carbons (Fsp3) is 0.333. The molecule has 0 aliphatic heterocycles. The van der Waals surface area contributed by atoms with Crippen molar-refractivity contribution in [2.75, 3.05) is 6.61 Å². The second-order valence-corrected chi connectivity index (χ2v) is 2.55. The highest BCUT2D eigenvalue weighted by Gasteiger charge is 2.08. The Bertz CT molecular complexity index is 323. The SMILES string of the molecule is CCOC(=O)c1cnc(C)c(O)c1. The fourth-order valence-corrected chi connectivity index (χ4v) is 0.848. The first-order valence-electron chi connectivity index (χ1n) is 3.98. The van der Waals surface area contributed by atoms with E-state index in [2.05, 4.69) is 4.98 Å². The largest absolute Gasteiger partial charge is 0.506 e. The van der Waals surface area contributed by atoms with E-state index < -0.39 is 5.97 Å². The predicted molar refractivity (Wildman–Crippen MR) is 46.6 cm³/mol. The Balaban J connectivity index is 2.90. The minimum Gasteiger partial charge on any atom is -0.506 e. The minimum atomic E-state index is -0.467. The predicted octanol–water partition coefficient (Wildman–Crippen LogP) is 1.27. The third-order valence-electron chi connectivity index (χ3n) is 1.57. The highest BCUT2D eigenvalue weighted by Crippen LogP contribution is 2.14. The Morgan fingerprint density at radius 2 is 2.38 bits per heavy atom. The van der Waals surface area contributed by atoms with Gasteiger partial charge in [-0.2, -0.15) is 0 Å². The number of carbonyl (C=O) groups is 1. The summed E-state index contributed by atoms with van der Waals surface area (Å²) in [6.45, 7) is 3.69. The quantitative estimate of drug-likeness (QED) is 0.698. The van der Waals surface area contributed by atoms with Crippen molar-refractivity contribution in [1.82, 2.24) is 4.98 Å². The molecule has 0 unspecified atom stereocenters. The van der Waals surface area contributed by atoms with E-state index in [1.807, 2.05) is 0 Å². The van der Waals surface area contributed by atoms with Gasteiger partial charge in [0, 0.05) is 6.20 Å². The highest BCUT2D eigenvalue weighted by atomic mass is 16.5. The zero-order chi connectivity index (χ0) is 9.84. The lowest BCUT2D eigenvalue weighted by atomic mass is 10.2. The number of hydrogen-bond acceptors (Lipinski definition) is 4. The van der Waals surface area contributed by atoms with Gasteiger partial charge in [-0.25, -0.2) is 4.79 Å². The maximum atomic E-state index is 11.1. The highest BCUT2D eigenvalue weighted by molar-refractivity contribution is 5.89. The molecule has 70 valence electrons. The van der Waals surface area contributed by atoms with Crippen LogP contribution in [-0.2, 0) is 4.74 Å². The van der Waals surface area contributed by atoms with E-state index in [4.69, 9.17) is 4.74 Å². The van der Waals surface area contributed by atoms with Gasteiger partial charge < -0.3 is 9.84 Å². The fourth-order valence-electron chi connectivity index (χ4n) is 0.848. The molecule has 0 radical (unpaired) electrons. The average Bonchev–Trinajstić information content (AvgIpc) is 2.10. The first-order chi connectivity index (χ1) is 6.15. The summed E-state index contributed by atoms with van der Waals surface area (Å²) in [6.07, 6.45) is 1.38. The van der Waals surface area contributed by atoms with Gasteiger partial charge in [0.2, 0.25) is 0 Å². The molecule has 13 heavy (non-hydrogen) atoms. The maximum absolute atomic E-state index is 11.1. The number of aryl methyl sites for hydroxylation is 1. The normalized spacial score (nSPS) is 9.69. The Hall–Kier alpha value is -1.58. The number of nitrogens with zero attached hydrogens (tertiary/aromatic N) is 1. The summed E-state index contributed by atoms with van der Waals surface area (Å²) in [7, 11) is 0. The lowest BCUT2D eigenvalue weighted by molar-refractivity contribution is 0.0525. The van der Waals surface area contributed by atoms with Crippen molar-refractivity contribution in [1.29, 1.82) is 0 Å². The molecular weight excluding hydrogens is 170 g/mol. The number of esters is 1. The van der Waals surface area contributed by atoms with Crippen LogP contribution in [0.5, 0.6) is 5.75 Å². The Morgan fingerprint density at radius 3 is 2.92 bits per heavy atom. The van der Waals surface area contributed by atoms with Crippen LogP contribution in [0.25, 0.3) is 0 Å². The Labute approximate surface area is 76.2 Å². The second-order valence-electron chi connectivity index (χ2n) is 2.55. The molecule has 1 N–H and O–H groups in total. The number of aromatic hydroxyl groups is 1. The molecular formula is C9H11NO3. The van der Waals surface area contributed by atoms with Crippen molar-refractivity contribution < 1.29 is 14.6 Å². The third kappa shape index (κ3) is 2.18. The summed E-state index contributed by atoms with van der Waals surface area (Å²) in [5, 5.41) is 9.25. The number of rotatable bonds is 2. The van der Waals surface area contributed by atoms with Crippen LogP contribution in [-0.4, -0.2) is 22.7 Å². The topological polar surface area (TPSA) is 59.4 Å². The van der Waals surface area contributed by atoms with Gasteiger partial charge in [0.05, 0.1) is 17.9 Å². The van der Waals surface area contributed by atoms with Crippen LogP contribution in [0.4, 0.5) is 0 Å². The summed E-state index contributed by atoms with van der Waals surface area (Å²) in [6, 6.07) is 1.35. The van der Waals surface area contributed by atoms with E-state index in [0.29, 0.717) is 12.3 Å². The minimum absolute atomic E-state index is 0.00514. The number of aromatic nitrogens is 1. The van der Waals surface area contributed by atoms with Crippen LogP contribution in [0.1, 0.15) is 23.0 Å². The molecule has 0 bridgehead atoms. The van der Waals surface area contributed by atoms with Gasteiger partial charge in [0.15, 0.2) is 0 Å². The molecule has 0 atom stereocenters. The molecule has 0 aliphatic carbocycles. The van der Waals surface area contributed by atoms with Crippen LogP contribution in [0.15, 0.2) is 12.3 Å². The summed E-state index contributed by atoms with van der Waals surface area (Å²) < 4.78 is 4.73. The van der Waals surface area contributed by atoms with Crippen LogP contribution >= 0.6 is 0 Å². The van der Waals surface area contributed by atoms with Gasteiger partial charge in [-0.15, -0.1) is 0 Å². The van der Waals surface area contributed by atoms with Crippen molar-refractivity contribution in [3.05, 3.63) is 23.5 Å². The van der Waals surface area contributed by atoms with Crippen molar-refractivity contribution in [3.8, 4) is 5.75 Å². The molecule has 0 spiro atoms. The molecule has 1 aromatic rings. The molecule has 0 fully saturated rings. The molecule has 0 saturated heterocycles. The van der Waals surface area contributed by atoms with Gasteiger partial charge in [-0.05, 0) is 19.9 Å². The lowest BCUT2D eigenvalue weighted by Gasteiger charge is -2.02. The molecule has 0 aromatic carbocycles. The van der Waals surface area contributed by atoms with E-state index in [-0.39, 0.29) is 11.3 Å². The van der Waals surface area contributed by atoms with Gasteiger partial charge in [0.1, 0.15) is 5.75 Å². The van der Waals surface area contributed by atoms with E-state index in [1.54, 1.807) is 13.8 Å². The first kappa shape index (κ1) is 9.51. The number of pyridine rings is 1. The van der Waals surface area contributed by atoms with Crippen LogP contribution in [0.2, 0.25) is 0 Å². The monoisotopic (exact) mass is 181 g/mol. The van der Waals surface area contributed by atoms with Crippen molar-refractivity contribution in [2.24, 2.45) is 0 Å². The maximum Gasteiger partial charge on any atom is 0.339 e. The van der Waals surface area contributed by atoms with E-state index in [1.165, 1.54) is 12.3 Å². The second kappa shape index (κ2) is 3.89. The lowest BCUT2D eigenvalue weighted by Crippen LogP contribution is -2.05. The Kier molecular flexibility index (Phi) is 2.84. The van der Waals surface area contributed by atoms with Crippen LogP contribution in [0, 0.1) is 6.92 Å².